The molecule has 0 atom stereocenters. The summed E-state index contributed by atoms with van der Waals surface area (Å²) < 4.78 is 4.94. The molecular weight excluding hydrogens is 342 g/mol. The lowest BCUT2D eigenvalue weighted by Crippen LogP contribution is -2.17. The number of H-pyrrole nitrogens is 1. The number of benzene rings is 1. The molecule has 0 saturated heterocycles. The minimum absolute atomic E-state index is 0.178. The molecule has 0 aliphatic heterocycles. The molecule has 1 aliphatic rings. The second-order valence-electron chi connectivity index (χ2n) is 6.70. The van der Waals surface area contributed by atoms with Gasteiger partial charge < -0.3 is 10.5 Å². The average Bonchev–Trinajstić information content (AvgIpc) is 3.15. The van der Waals surface area contributed by atoms with Crippen molar-refractivity contribution in [2.24, 2.45) is 5.73 Å². The van der Waals surface area contributed by atoms with Crippen LogP contribution in [0.15, 0.2) is 36.5 Å². The van der Waals surface area contributed by atoms with Gasteiger partial charge in [-0.2, -0.15) is 5.10 Å². The van der Waals surface area contributed by atoms with E-state index in [-0.39, 0.29) is 5.88 Å². The van der Waals surface area contributed by atoms with Crippen LogP contribution in [0.5, 0.6) is 5.88 Å². The molecule has 0 radical (unpaired) electrons. The number of hydrogen-bond donors (Lipinski definition) is 2. The van der Waals surface area contributed by atoms with Gasteiger partial charge in [0.25, 0.3) is 0 Å². The number of nitrogens with one attached hydrogen (secondary N) is 1. The Morgan fingerprint density at radius 3 is 2.78 bits per heavy atom. The number of fused-ring (bicyclic) bond motifs is 5. The van der Waals surface area contributed by atoms with Gasteiger partial charge >= 0.3 is 6.09 Å². The molecule has 1 aromatic carbocycles. The topological polar surface area (TPSA) is 107 Å². The second kappa shape index (κ2) is 6.05. The van der Waals surface area contributed by atoms with Crippen LogP contribution in [-0.4, -0.2) is 26.3 Å². The van der Waals surface area contributed by atoms with Crippen LogP contribution in [0.1, 0.15) is 24.0 Å². The maximum Gasteiger partial charge on any atom is 0.411 e. The van der Waals surface area contributed by atoms with Crippen LogP contribution >= 0.6 is 0 Å². The van der Waals surface area contributed by atoms with Crippen LogP contribution in [0.2, 0.25) is 0 Å². The van der Waals surface area contributed by atoms with Gasteiger partial charge in [-0.05, 0) is 55.0 Å². The summed E-state index contributed by atoms with van der Waals surface area (Å²) in [5.74, 6) is 0.178. The molecule has 5 rings (SSSR count). The van der Waals surface area contributed by atoms with Crippen LogP contribution in [0.25, 0.3) is 33.2 Å². The number of aromatic amines is 1. The van der Waals surface area contributed by atoms with E-state index in [0.717, 1.165) is 47.8 Å². The Morgan fingerprint density at radius 1 is 1.07 bits per heavy atom. The fourth-order valence-electron chi connectivity index (χ4n) is 3.97. The van der Waals surface area contributed by atoms with E-state index in [1.807, 2.05) is 24.4 Å². The zero-order valence-corrected chi connectivity index (χ0v) is 14.5. The highest BCUT2D eigenvalue weighted by Gasteiger charge is 2.22. The fourth-order valence-corrected chi connectivity index (χ4v) is 3.97. The molecular formula is C20H17N5O2. The Balaban J connectivity index is 1.78. The Labute approximate surface area is 154 Å². The molecule has 4 aromatic rings. The molecule has 27 heavy (non-hydrogen) atoms. The van der Waals surface area contributed by atoms with E-state index in [4.69, 9.17) is 15.5 Å². The summed E-state index contributed by atoms with van der Waals surface area (Å²) in [5.41, 5.74) is 11.1. The molecule has 134 valence electrons. The Kier molecular flexibility index (Phi) is 3.53. The summed E-state index contributed by atoms with van der Waals surface area (Å²) in [6.07, 6.45) is 5.21. The van der Waals surface area contributed by atoms with Gasteiger partial charge in [-0.1, -0.05) is 6.07 Å². The molecule has 0 unspecified atom stereocenters. The third kappa shape index (κ3) is 2.59. The third-order valence-corrected chi connectivity index (χ3v) is 5.06. The van der Waals surface area contributed by atoms with Crippen molar-refractivity contribution in [3.05, 3.63) is 47.7 Å². The van der Waals surface area contributed by atoms with Crippen LogP contribution < -0.4 is 10.5 Å². The number of pyridine rings is 2. The number of nitrogens with zero attached hydrogens (tertiary/aromatic N) is 3. The van der Waals surface area contributed by atoms with E-state index < -0.39 is 6.09 Å². The SMILES string of the molecule is NC(=O)Oc1cccc(-c2nc3ccc4[nH]ncc4c3c3c2CCCC3)n1. The predicted molar refractivity (Wildman–Crippen MR) is 101 cm³/mol. The predicted octanol–water partition coefficient (Wildman–Crippen LogP) is 3.51. The number of rotatable bonds is 2. The van der Waals surface area contributed by atoms with Gasteiger partial charge in [-0.3, -0.25) is 5.10 Å². The van der Waals surface area contributed by atoms with Gasteiger partial charge in [0, 0.05) is 16.8 Å². The lowest BCUT2D eigenvalue weighted by Gasteiger charge is -2.21. The number of aromatic nitrogens is 4. The Hall–Kier alpha value is -3.48. The zero-order chi connectivity index (χ0) is 18.4. The van der Waals surface area contributed by atoms with Gasteiger partial charge in [-0.25, -0.2) is 14.8 Å². The number of hydrogen-bond acceptors (Lipinski definition) is 5. The molecule has 0 saturated carbocycles. The van der Waals surface area contributed by atoms with E-state index in [1.54, 1.807) is 12.1 Å². The molecule has 3 N–H and O–H groups in total. The molecule has 1 amide bonds. The summed E-state index contributed by atoms with van der Waals surface area (Å²) in [4.78, 5) is 20.4. The molecule has 3 heterocycles. The van der Waals surface area contributed by atoms with Crippen molar-refractivity contribution >= 4 is 27.9 Å². The fraction of sp³-hybridized carbons (Fsp3) is 0.200. The van der Waals surface area contributed by atoms with Crippen LogP contribution in [0.4, 0.5) is 4.79 Å². The highest BCUT2D eigenvalue weighted by Crippen LogP contribution is 2.37. The van der Waals surface area contributed by atoms with E-state index in [1.165, 1.54) is 16.5 Å². The summed E-state index contributed by atoms with van der Waals surface area (Å²) >= 11 is 0. The van der Waals surface area contributed by atoms with Crippen molar-refractivity contribution < 1.29 is 9.53 Å². The minimum atomic E-state index is -0.879. The second-order valence-corrected chi connectivity index (χ2v) is 6.70. The molecule has 1 aliphatic carbocycles. The smallest absolute Gasteiger partial charge is 0.391 e. The molecule has 0 bridgehead atoms. The highest BCUT2D eigenvalue weighted by atomic mass is 16.6. The Morgan fingerprint density at radius 2 is 1.93 bits per heavy atom. The van der Waals surface area contributed by atoms with Crippen molar-refractivity contribution in [1.29, 1.82) is 0 Å². The largest absolute Gasteiger partial charge is 0.411 e. The normalized spacial score (nSPS) is 13.6. The zero-order valence-electron chi connectivity index (χ0n) is 14.5. The first-order chi connectivity index (χ1) is 13.2. The van der Waals surface area contributed by atoms with Crippen LogP contribution in [0, 0.1) is 0 Å². The summed E-state index contributed by atoms with van der Waals surface area (Å²) in [6.45, 7) is 0. The van der Waals surface area contributed by atoms with Gasteiger partial charge in [0.15, 0.2) is 0 Å². The molecule has 3 aromatic heterocycles. The number of carbonyl (C=O) groups is 1. The monoisotopic (exact) mass is 359 g/mol. The maximum absolute atomic E-state index is 11.1. The number of amides is 1. The quantitative estimate of drug-likeness (QED) is 0.569. The van der Waals surface area contributed by atoms with Crippen LogP contribution in [-0.2, 0) is 12.8 Å². The van der Waals surface area contributed by atoms with E-state index in [0.29, 0.717) is 5.69 Å². The first-order valence-corrected chi connectivity index (χ1v) is 8.93. The molecule has 0 spiro atoms. The molecule has 7 heteroatoms. The standard InChI is InChI=1S/C20H17N5O2/c21-20(26)27-17-7-3-6-16(23-17)19-12-5-2-1-4-11(12)18-13-10-22-25-14(13)8-9-15(18)24-19/h3,6-10H,1-2,4-5H2,(H2,21,26)(H,22,25). The van der Waals surface area contributed by atoms with E-state index in [2.05, 4.69) is 15.2 Å². The van der Waals surface area contributed by atoms with Crippen molar-refractivity contribution in [3.63, 3.8) is 0 Å². The number of carbonyl (C=O) groups excluding carboxylic acids is 1. The third-order valence-electron chi connectivity index (χ3n) is 5.06. The van der Waals surface area contributed by atoms with E-state index in [9.17, 15) is 4.79 Å². The van der Waals surface area contributed by atoms with Crippen molar-refractivity contribution in [1.82, 2.24) is 20.2 Å². The van der Waals surface area contributed by atoms with Gasteiger partial charge in [0.2, 0.25) is 5.88 Å². The van der Waals surface area contributed by atoms with Crippen molar-refractivity contribution in [3.8, 4) is 17.3 Å². The highest BCUT2D eigenvalue weighted by molar-refractivity contribution is 6.07. The lowest BCUT2D eigenvalue weighted by atomic mass is 9.86. The number of ether oxygens (including phenoxy) is 1. The summed E-state index contributed by atoms with van der Waals surface area (Å²) in [6, 6.07) is 9.29. The summed E-state index contributed by atoms with van der Waals surface area (Å²) in [7, 11) is 0. The minimum Gasteiger partial charge on any atom is -0.391 e. The average molecular weight is 359 g/mol. The maximum atomic E-state index is 11.1. The summed E-state index contributed by atoms with van der Waals surface area (Å²) in [5, 5.41) is 9.51. The van der Waals surface area contributed by atoms with Crippen molar-refractivity contribution in [2.45, 2.75) is 25.7 Å². The first kappa shape index (κ1) is 15.7. The van der Waals surface area contributed by atoms with Crippen molar-refractivity contribution in [2.75, 3.05) is 0 Å². The van der Waals surface area contributed by atoms with Crippen LogP contribution in [0.3, 0.4) is 0 Å². The van der Waals surface area contributed by atoms with Gasteiger partial charge in [0.1, 0.15) is 0 Å². The Bertz CT molecular complexity index is 1200. The number of primary amides is 1. The number of nitrogens with two attached hydrogens (primary N) is 1. The van der Waals surface area contributed by atoms with Gasteiger partial charge in [-0.15, -0.1) is 0 Å². The molecule has 7 nitrogen and oxygen atoms in total. The van der Waals surface area contributed by atoms with Gasteiger partial charge in [0.05, 0.1) is 28.6 Å². The first-order valence-electron chi connectivity index (χ1n) is 8.93. The number of aryl methyl sites for hydroxylation is 1. The van der Waals surface area contributed by atoms with E-state index >= 15 is 0 Å². The molecule has 0 fully saturated rings. The lowest BCUT2D eigenvalue weighted by molar-refractivity contribution is 0.209.